The number of hydrogen-bond donors (Lipinski definition) is 2. The van der Waals surface area contributed by atoms with Crippen LogP contribution in [0.1, 0.15) is 44.6 Å². The molecule has 0 atom stereocenters. The molecule has 1 aromatic rings. The fourth-order valence-electron chi connectivity index (χ4n) is 3.13. The maximum atomic E-state index is 12.1. The highest BCUT2D eigenvalue weighted by molar-refractivity contribution is 7.90. The van der Waals surface area contributed by atoms with E-state index >= 15 is 0 Å². The van der Waals surface area contributed by atoms with Crippen molar-refractivity contribution in [1.29, 1.82) is 0 Å². The van der Waals surface area contributed by atoms with Crippen molar-refractivity contribution in [3.05, 3.63) is 29.8 Å². The molecule has 31 heavy (non-hydrogen) atoms. The van der Waals surface area contributed by atoms with Crippen LogP contribution < -0.4 is 19.5 Å². The zero-order valence-corrected chi connectivity index (χ0v) is 19.2. The normalized spacial score (nSPS) is 15.2. The van der Waals surface area contributed by atoms with E-state index in [4.69, 9.17) is 14.2 Å². The van der Waals surface area contributed by atoms with Crippen molar-refractivity contribution in [3.63, 3.8) is 0 Å². The van der Waals surface area contributed by atoms with E-state index in [1.54, 1.807) is 31.4 Å². The Morgan fingerprint density at radius 3 is 2.71 bits per heavy atom. The van der Waals surface area contributed by atoms with Gasteiger partial charge in [0.15, 0.2) is 0 Å². The average Bonchev–Trinajstić information content (AvgIpc) is 2.74. The standard InChI is InChI=1S/C22H34N2O6S/c1-3-4-5-16-31(26,27)24-22(25)9-7-18-6-8-20(29-15-14-28-2)17-21(18)30-19-10-12-23-13-11-19/h6-9,17,19,23H,3-5,10-16H2,1-2H3,(H,24,25). The summed E-state index contributed by atoms with van der Waals surface area (Å²) in [6.07, 6.45) is 6.86. The van der Waals surface area contributed by atoms with Gasteiger partial charge in [0.2, 0.25) is 10.0 Å². The maximum Gasteiger partial charge on any atom is 0.257 e. The van der Waals surface area contributed by atoms with Gasteiger partial charge in [0.25, 0.3) is 5.91 Å². The number of amides is 1. The number of methoxy groups -OCH3 is 1. The van der Waals surface area contributed by atoms with Crippen molar-refractivity contribution in [3.8, 4) is 11.5 Å². The smallest absolute Gasteiger partial charge is 0.257 e. The lowest BCUT2D eigenvalue weighted by Crippen LogP contribution is -2.34. The molecule has 0 aromatic heterocycles. The second-order valence-corrected chi connectivity index (χ2v) is 9.28. The third-order valence-corrected chi connectivity index (χ3v) is 6.15. The Hall–Kier alpha value is -2.10. The molecule has 1 aliphatic rings. The topological polar surface area (TPSA) is 103 Å². The summed E-state index contributed by atoms with van der Waals surface area (Å²) in [6.45, 7) is 4.65. The number of rotatable bonds is 13. The van der Waals surface area contributed by atoms with E-state index in [2.05, 4.69) is 10.0 Å². The molecule has 0 radical (unpaired) electrons. The van der Waals surface area contributed by atoms with E-state index < -0.39 is 15.9 Å². The van der Waals surface area contributed by atoms with Gasteiger partial charge in [0.05, 0.1) is 12.4 Å². The minimum Gasteiger partial charge on any atom is -0.491 e. The van der Waals surface area contributed by atoms with Gasteiger partial charge in [-0.05, 0) is 50.6 Å². The summed E-state index contributed by atoms with van der Waals surface area (Å²) in [7, 11) is -2.02. The largest absolute Gasteiger partial charge is 0.491 e. The van der Waals surface area contributed by atoms with Crippen LogP contribution in [0.25, 0.3) is 6.08 Å². The molecule has 1 amide bonds. The van der Waals surface area contributed by atoms with Crippen molar-refractivity contribution in [2.45, 2.75) is 45.1 Å². The lowest BCUT2D eigenvalue weighted by Gasteiger charge is -2.25. The van der Waals surface area contributed by atoms with Gasteiger partial charge in [-0.25, -0.2) is 13.1 Å². The molecule has 1 saturated heterocycles. The average molecular weight is 455 g/mol. The molecule has 0 bridgehead atoms. The van der Waals surface area contributed by atoms with E-state index in [-0.39, 0.29) is 11.9 Å². The SMILES string of the molecule is CCCCCS(=O)(=O)NC(=O)C=Cc1ccc(OCCOC)cc1OC1CCNCC1. The van der Waals surface area contributed by atoms with E-state index in [1.165, 1.54) is 6.08 Å². The first kappa shape index (κ1) is 25.2. The first-order valence-electron chi connectivity index (χ1n) is 10.8. The molecule has 2 N–H and O–H groups in total. The van der Waals surface area contributed by atoms with Gasteiger partial charge in [0, 0.05) is 24.8 Å². The summed E-state index contributed by atoms with van der Waals surface area (Å²) in [5.74, 6) is 0.500. The number of nitrogens with one attached hydrogen (secondary N) is 2. The number of piperidine rings is 1. The number of sulfonamides is 1. The molecule has 8 nitrogen and oxygen atoms in total. The van der Waals surface area contributed by atoms with Crippen molar-refractivity contribution < 1.29 is 27.4 Å². The van der Waals surface area contributed by atoms with Crippen LogP contribution >= 0.6 is 0 Å². The van der Waals surface area contributed by atoms with E-state index in [0.717, 1.165) is 38.8 Å². The number of carbonyl (C=O) groups is 1. The molecule has 1 aliphatic heterocycles. The van der Waals surface area contributed by atoms with Gasteiger partial charge in [-0.3, -0.25) is 4.79 Å². The summed E-state index contributed by atoms with van der Waals surface area (Å²) in [6, 6.07) is 5.36. The molecule has 0 unspecified atom stereocenters. The van der Waals surface area contributed by atoms with E-state index in [9.17, 15) is 13.2 Å². The van der Waals surface area contributed by atoms with Gasteiger partial charge in [-0.15, -0.1) is 0 Å². The fraction of sp³-hybridized carbons (Fsp3) is 0.591. The molecular weight excluding hydrogens is 420 g/mol. The van der Waals surface area contributed by atoms with Crippen molar-refractivity contribution in [2.75, 3.05) is 39.2 Å². The minimum atomic E-state index is -3.63. The third kappa shape index (κ3) is 9.71. The Balaban J connectivity index is 2.08. The summed E-state index contributed by atoms with van der Waals surface area (Å²) in [5.41, 5.74) is 0.677. The van der Waals surface area contributed by atoms with Gasteiger partial charge in [0.1, 0.15) is 24.2 Å². The number of unbranched alkanes of at least 4 members (excludes halogenated alkanes) is 2. The lowest BCUT2D eigenvalue weighted by molar-refractivity contribution is -0.114. The van der Waals surface area contributed by atoms with Crippen LogP contribution in [0.2, 0.25) is 0 Å². The zero-order valence-electron chi connectivity index (χ0n) is 18.4. The molecule has 9 heteroatoms. The predicted octanol–water partition coefficient (Wildman–Crippen LogP) is 2.49. The van der Waals surface area contributed by atoms with Gasteiger partial charge in [-0.2, -0.15) is 0 Å². The lowest BCUT2D eigenvalue weighted by atomic mass is 10.1. The second-order valence-electron chi connectivity index (χ2n) is 7.43. The van der Waals surface area contributed by atoms with Gasteiger partial charge >= 0.3 is 0 Å². The second kappa shape index (κ2) is 13.3. The first-order valence-corrected chi connectivity index (χ1v) is 12.4. The number of carbonyl (C=O) groups excluding carboxylic acids is 1. The van der Waals surface area contributed by atoms with Crippen molar-refractivity contribution >= 4 is 22.0 Å². The Morgan fingerprint density at radius 1 is 1.23 bits per heavy atom. The molecule has 1 heterocycles. The van der Waals surface area contributed by atoms with Crippen LogP contribution in [0.4, 0.5) is 0 Å². The monoisotopic (exact) mass is 454 g/mol. The van der Waals surface area contributed by atoms with E-state index in [1.807, 2.05) is 6.92 Å². The summed E-state index contributed by atoms with van der Waals surface area (Å²) < 4.78 is 43.0. The van der Waals surface area contributed by atoms with Crippen molar-refractivity contribution in [1.82, 2.24) is 10.0 Å². The molecule has 2 rings (SSSR count). The van der Waals surface area contributed by atoms with Crippen LogP contribution in [0.3, 0.4) is 0 Å². The highest BCUT2D eigenvalue weighted by Crippen LogP contribution is 2.28. The summed E-state index contributed by atoms with van der Waals surface area (Å²) in [5, 5.41) is 3.30. The van der Waals surface area contributed by atoms with Crippen LogP contribution in [0.15, 0.2) is 24.3 Å². The highest BCUT2D eigenvalue weighted by Gasteiger charge is 2.17. The Bertz CT molecular complexity index is 819. The van der Waals surface area contributed by atoms with Crippen LogP contribution in [0, 0.1) is 0 Å². The summed E-state index contributed by atoms with van der Waals surface area (Å²) >= 11 is 0. The third-order valence-electron chi connectivity index (χ3n) is 4.81. The quantitative estimate of drug-likeness (QED) is 0.349. The zero-order chi connectivity index (χ0) is 22.5. The molecule has 1 aromatic carbocycles. The first-order chi connectivity index (χ1) is 14.9. The van der Waals surface area contributed by atoms with E-state index in [0.29, 0.717) is 36.7 Å². The van der Waals surface area contributed by atoms with Crippen LogP contribution in [0.5, 0.6) is 11.5 Å². The number of hydrogen-bond acceptors (Lipinski definition) is 7. The maximum absolute atomic E-state index is 12.1. The molecule has 174 valence electrons. The van der Waals surface area contributed by atoms with Crippen LogP contribution in [-0.4, -0.2) is 59.6 Å². The molecule has 1 fully saturated rings. The number of benzene rings is 1. The summed E-state index contributed by atoms with van der Waals surface area (Å²) in [4.78, 5) is 12.1. The molecule has 0 saturated carbocycles. The van der Waals surface area contributed by atoms with Crippen LogP contribution in [-0.2, 0) is 19.6 Å². The fourth-order valence-corrected chi connectivity index (χ4v) is 4.19. The Kier molecular flexibility index (Phi) is 10.8. The van der Waals surface area contributed by atoms with Gasteiger partial charge < -0.3 is 19.5 Å². The molecule has 0 spiro atoms. The predicted molar refractivity (Wildman–Crippen MR) is 121 cm³/mol. The molecular formula is C22H34N2O6S. The van der Waals surface area contributed by atoms with Gasteiger partial charge in [-0.1, -0.05) is 19.8 Å². The minimum absolute atomic E-state index is 0.0575. The Morgan fingerprint density at radius 2 is 2.00 bits per heavy atom. The number of ether oxygens (including phenoxy) is 3. The Labute approximate surface area is 185 Å². The highest BCUT2D eigenvalue weighted by atomic mass is 32.2. The van der Waals surface area contributed by atoms with Crippen molar-refractivity contribution in [2.24, 2.45) is 0 Å². The molecule has 0 aliphatic carbocycles.